The lowest BCUT2D eigenvalue weighted by atomic mass is 10.1. The van der Waals surface area contributed by atoms with Crippen LogP contribution in [-0.4, -0.2) is 27.2 Å². The summed E-state index contributed by atoms with van der Waals surface area (Å²) in [6.07, 6.45) is 1.46. The Bertz CT molecular complexity index is 1410. The van der Waals surface area contributed by atoms with Gasteiger partial charge in [0.25, 0.3) is 5.91 Å². The van der Waals surface area contributed by atoms with Gasteiger partial charge in [-0.15, -0.1) is 0 Å². The fraction of sp³-hybridized carbons (Fsp3) is 0.179. The topological polar surface area (TPSA) is 114 Å². The first-order valence-electron chi connectivity index (χ1n) is 11.0. The molecule has 0 aliphatic rings. The van der Waals surface area contributed by atoms with Crippen LogP contribution in [-0.2, 0) is 17.9 Å². The third-order valence-corrected chi connectivity index (χ3v) is 6.09. The Morgan fingerprint density at radius 2 is 1.70 bits per heavy atom. The zero-order valence-electron chi connectivity index (χ0n) is 20.5. The zero-order chi connectivity index (χ0) is 26.8. The van der Waals surface area contributed by atoms with Gasteiger partial charge in [-0.25, -0.2) is 0 Å². The number of rotatable bonds is 10. The third kappa shape index (κ3) is 6.81. The molecule has 0 spiro atoms. The Hall–Kier alpha value is -4.47. The minimum atomic E-state index is -0.542. The van der Waals surface area contributed by atoms with Gasteiger partial charge in [0, 0.05) is 28.2 Å². The maximum Gasteiger partial charge on any atom is 0.262 e. The molecule has 1 amide bonds. The number of nitriles is 2. The standard InChI is InChI=1S/C28H24BrN3O5/c1-34-23-9-8-19(25(12-23)35-2)16-32-28(33)22(15-31)10-21-11-26(36-3)27(13-24(21)29)37-17-20-7-5-4-6-18(20)14-30/h4-13H,16-17H2,1-3H3,(H,32,33)/b22-10+. The van der Waals surface area contributed by atoms with Crippen LogP contribution in [0, 0.1) is 22.7 Å². The summed E-state index contributed by atoms with van der Waals surface area (Å²) >= 11 is 3.48. The highest BCUT2D eigenvalue weighted by atomic mass is 79.9. The van der Waals surface area contributed by atoms with Crippen LogP contribution in [0.4, 0.5) is 0 Å². The summed E-state index contributed by atoms with van der Waals surface area (Å²) in [4.78, 5) is 12.8. The highest BCUT2D eigenvalue weighted by molar-refractivity contribution is 9.10. The first-order valence-corrected chi connectivity index (χ1v) is 11.8. The number of hydrogen-bond acceptors (Lipinski definition) is 7. The lowest BCUT2D eigenvalue weighted by Gasteiger charge is -2.14. The first-order chi connectivity index (χ1) is 17.9. The normalized spacial score (nSPS) is 10.6. The molecule has 0 unspecified atom stereocenters. The predicted octanol–water partition coefficient (Wildman–Crippen LogP) is 5.15. The molecule has 9 heteroatoms. The van der Waals surface area contributed by atoms with E-state index in [1.807, 2.05) is 18.2 Å². The van der Waals surface area contributed by atoms with Crippen LogP contribution in [0.3, 0.4) is 0 Å². The van der Waals surface area contributed by atoms with Crippen LogP contribution in [0.15, 0.2) is 64.6 Å². The summed E-state index contributed by atoms with van der Waals surface area (Å²) in [6.45, 7) is 0.328. The molecule has 3 rings (SSSR count). The molecule has 3 aromatic carbocycles. The number of halogens is 1. The van der Waals surface area contributed by atoms with Crippen molar-refractivity contribution < 1.29 is 23.7 Å². The quantitative estimate of drug-likeness (QED) is 0.269. The average Bonchev–Trinajstić information content (AvgIpc) is 2.94. The molecule has 0 heterocycles. The maximum absolute atomic E-state index is 12.8. The molecule has 1 N–H and O–H groups in total. The van der Waals surface area contributed by atoms with Gasteiger partial charge in [0.05, 0.1) is 33.0 Å². The van der Waals surface area contributed by atoms with Crippen molar-refractivity contribution in [2.45, 2.75) is 13.2 Å². The number of hydrogen-bond donors (Lipinski definition) is 1. The summed E-state index contributed by atoms with van der Waals surface area (Å²) in [5.41, 5.74) is 2.46. The molecule has 0 fully saturated rings. The molecule has 37 heavy (non-hydrogen) atoms. The van der Waals surface area contributed by atoms with Gasteiger partial charge in [-0.3, -0.25) is 4.79 Å². The molecule has 0 aromatic heterocycles. The summed E-state index contributed by atoms with van der Waals surface area (Å²) in [5, 5.41) is 21.7. The summed E-state index contributed by atoms with van der Waals surface area (Å²) in [7, 11) is 4.58. The van der Waals surface area contributed by atoms with Gasteiger partial charge in [0.1, 0.15) is 29.7 Å². The van der Waals surface area contributed by atoms with Gasteiger partial charge >= 0.3 is 0 Å². The fourth-order valence-electron chi connectivity index (χ4n) is 3.42. The van der Waals surface area contributed by atoms with E-state index < -0.39 is 5.91 Å². The van der Waals surface area contributed by atoms with E-state index in [0.29, 0.717) is 38.6 Å². The fourth-order valence-corrected chi connectivity index (χ4v) is 3.85. The van der Waals surface area contributed by atoms with E-state index in [1.54, 1.807) is 49.6 Å². The molecule has 0 saturated heterocycles. The highest BCUT2D eigenvalue weighted by Gasteiger charge is 2.15. The van der Waals surface area contributed by atoms with Crippen LogP contribution in [0.1, 0.15) is 22.3 Å². The van der Waals surface area contributed by atoms with Crippen molar-refractivity contribution in [3.8, 4) is 35.1 Å². The number of methoxy groups -OCH3 is 3. The van der Waals surface area contributed by atoms with Crippen LogP contribution in [0.25, 0.3) is 6.08 Å². The third-order valence-electron chi connectivity index (χ3n) is 5.40. The molecule has 188 valence electrons. The van der Waals surface area contributed by atoms with E-state index in [-0.39, 0.29) is 18.7 Å². The number of amides is 1. The molecule has 0 aliphatic carbocycles. The second kappa shape index (κ2) is 13.0. The molecule has 0 atom stereocenters. The molecule has 0 aliphatic heterocycles. The zero-order valence-corrected chi connectivity index (χ0v) is 22.1. The molecule has 3 aromatic rings. The van der Waals surface area contributed by atoms with Crippen LogP contribution >= 0.6 is 15.9 Å². The number of carbonyl (C=O) groups excluding carboxylic acids is 1. The summed E-state index contributed by atoms with van der Waals surface area (Å²) in [5.74, 6) is 1.49. The van der Waals surface area contributed by atoms with Gasteiger partial charge < -0.3 is 24.3 Å². The largest absolute Gasteiger partial charge is 0.497 e. The van der Waals surface area contributed by atoms with Crippen molar-refractivity contribution in [3.05, 3.63) is 86.9 Å². The van der Waals surface area contributed by atoms with E-state index in [9.17, 15) is 15.3 Å². The number of benzene rings is 3. The van der Waals surface area contributed by atoms with Crippen molar-refractivity contribution in [3.63, 3.8) is 0 Å². The maximum atomic E-state index is 12.8. The SMILES string of the molecule is COc1ccc(CNC(=O)/C(C#N)=C/c2cc(OC)c(OCc3ccccc3C#N)cc2Br)c(OC)c1. The Kier molecular flexibility index (Phi) is 9.54. The molecule has 0 saturated carbocycles. The lowest BCUT2D eigenvalue weighted by Crippen LogP contribution is -2.24. The van der Waals surface area contributed by atoms with Crippen LogP contribution in [0.2, 0.25) is 0 Å². The second-order valence-electron chi connectivity index (χ2n) is 7.61. The monoisotopic (exact) mass is 561 g/mol. The Morgan fingerprint density at radius 3 is 2.38 bits per heavy atom. The number of nitrogens with one attached hydrogen (secondary N) is 1. The van der Waals surface area contributed by atoms with Crippen molar-refractivity contribution in [2.75, 3.05) is 21.3 Å². The molecule has 0 radical (unpaired) electrons. The van der Waals surface area contributed by atoms with Gasteiger partial charge in [-0.05, 0) is 42.0 Å². The van der Waals surface area contributed by atoms with E-state index in [1.165, 1.54) is 20.3 Å². The molecule has 0 bridgehead atoms. The van der Waals surface area contributed by atoms with Crippen molar-refractivity contribution in [2.24, 2.45) is 0 Å². The minimum absolute atomic E-state index is 0.0909. The van der Waals surface area contributed by atoms with Crippen molar-refractivity contribution >= 4 is 27.9 Å². The predicted molar refractivity (Wildman–Crippen MR) is 141 cm³/mol. The summed E-state index contributed by atoms with van der Waals surface area (Å²) in [6, 6.07) is 19.9. The van der Waals surface area contributed by atoms with E-state index >= 15 is 0 Å². The molecule has 8 nitrogen and oxygen atoms in total. The van der Waals surface area contributed by atoms with Crippen LogP contribution < -0.4 is 24.3 Å². The Morgan fingerprint density at radius 1 is 0.946 bits per heavy atom. The number of ether oxygens (including phenoxy) is 4. The van der Waals surface area contributed by atoms with Crippen molar-refractivity contribution in [1.29, 1.82) is 10.5 Å². The first kappa shape index (κ1) is 27.1. The highest BCUT2D eigenvalue weighted by Crippen LogP contribution is 2.35. The smallest absolute Gasteiger partial charge is 0.262 e. The average molecular weight is 562 g/mol. The van der Waals surface area contributed by atoms with E-state index in [4.69, 9.17) is 18.9 Å². The van der Waals surface area contributed by atoms with E-state index in [2.05, 4.69) is 27.3 Å². The number of nitrogens with zero attached hydrogens (tertiary/aromatic N) is 2. The van der Waals surface area contributed by atoms with E-state index in [0.717, 1.165) is 11.1 Å². The van der Waals surface area contributed by atoms with Gasteiger partial charge in [0.15, 0.2) is 11.5 Å². The van der Waals surface area contributed by atoms with Crippen molar-refractivity contribution in [1.82, 2.24) is 5.32 Å². The Labute approximate surface area is 223 Å². The van der Waals surface area contributed by atoms with Gasteiger partial charge in [-0.1, -0.05) is 34.1 Å². The molecular weight excluding hydrogens is 538 g/mol. The van der Waals surface area contributed by atoms with Crippen LogP contribution in [0.5, 0.6) is 23.0 Å². The second-order valence-corrected chi connectivity index (χ2v) is 8.47. The summed E-state index contributed by atoms with van der Waals surface area (Å²) < 4.78 is 22.5. The lowest BCUT2D eigenvalue weighted by molar-refractivity contribution is -0.117. The molecular formula is C28H24BrN3O5. The van der Waals surface area contributed by atoms with Gasteiger partial charge in [0.2, 0.25) is 0 Å². The minimum Gasteiger partial charge on any atom is -0.497 e. The number of carbonyl (C=O) groups is 1. The van der Waals surface area contributed by atoms with Gasteiger partial charge in [-0.2, -0.15) is 10.5 Å². The Balaban J connectivity index is 1.78.